The topological polar surface area (TPSA) is 56.0 Å². The summed E-state index contributed by atoms with van der Waals surface area (Å²) >= 11 is 0. The first kappa shape index (κ1) is 17.6. The fourth-order valence-electron chi connectivity index (χ4n) is 4.15. The van der Waals surface area contributed by atoms with E-state index in [9.17, 15) is 9.59 Å². The summed E-state index contributed by atoms with van der Waals surface area (Å²) in [5, 5.41) is 3.15. The average Bonchev–Trinajstić information content (AvgIpc) is 2.95. The molecule has 4 rings (SSSR count). The van der Waals surface area contributed by atoms with E-state index in [2.05, 4.69) is 17.4 Å². The monoisotopic (exact) mass is 363 g/mol. The Morgan fingerprint density at radius 1 is 1.07 bits per heavy atom. The van der Waals surface area contributed by atoms with Crippen molar-refractivity contribution in [1.82, 2.24) is 14.5 Å². The molecule has 1 heterocycles. The van der Waals surface area contributed by atoms with Gasteiger partial charge in [0.25, 0.3) is 0 Å². The molecule has 5 heteroatoms. The molecule has 0 bridgehead atoms. The summed E-state index contributed by atoms with van der Waals surface area (Å²) in [6.45, 7) is 2.75. The maximum absolute atomic E-state index is 12.9. The van der Waals surface area contributed by atoms with Gasteiger partial charge in [0, 0.05) is 6.54 Å². The molecule has 0 fully saturated rings. The van der Waals surface area contributed by atoms with E-state index in [1.165, 1.54) is 11.1 Å². The predicted octanol–water partition coefficient (Wildman–Crippen LogP) is 3.41. The number of hydrogen-bond acceptors (Lipinski definition) is 2. The van der Waals surface area contributed by atoms with E-state index in [4.69, 9.17) is 0 Å². The van der Waals surface area contributed by atoms with Crippen molar-refractivity contribution in [1.29, 1.82) is 0 Å². The van der Waals surface area contributed by atoms with E-state index in [-0.39, 0.29) is 24.2 Å². The highest BCUT2D eigenvalue weighted by atomic mass is 16.2. The Morgan fingerprint density at radius 3 is 2.56 bits per heavy atom. The van der Waals surface area contributed by atoms with Crippen LogP contribution < -0.4 is 11.0 Å². The highest BCUT2D eigenvalue weighted by molar-refractivity contribution is 5.81. The lowest BCUT2D eigenvalue weighted by atomic mass is 9.88. The quantitative estimate of drug-likeness (QED) is 0.755. The van der Waals surface area contributed by atoms with E-state index in [0.29, 0.717) is 6.54 Å². The molecular weight excluding hydrogens is 338 g/mol. The van der Waals surface area contributed by atoms with Crippen molar-refractivity contribution in [3.8, 4) is 0 Å². The SMILES string of the molecule is CCCn1c(=O)n(CC(=O)N[C@@H]2CCCc3ccccc32)c2ccccc21. The average molecular weight is 363 g/mol. The molecule has 0 spiro atoms. The minimum absolute atomic E-state index is 0.0298. The van der Waals surface area contributed by atoms with Crippen molar-refractivity contribution < 1.29 is 4.79 Å². The number of hydrogen-bond donors (Lipinski definition) is 1. The van der Waals surface area contributed by atoms with Gasteiger partial charge in [0.2, 0.25) is 5.91 Å². The Kier molecular flexibility index (Phi) is 4.84. The second kappa shape index (κ2) is 7.43. The lowest BCUT2D eigenvalue weighted by molar-refractivity contribution is -0.122. The third-order valence-corrected chi connectivity index (χ3v) is 5.38. The van der Waals surface area contributed by atoms with Crippen LogP contribution >= 0.6 is 0 Å². The van der Waals surface area contributed by atoms with Crippen LogP contribution in [0.4, 0.5) is 0 Å². The molecule has 1 atom stereocenters. The number of amides is 1. The molecule has 0 radical (unpaired) electrons. The highest BCUT2D eigenvalue weighted by Crippen LogP contribution is 2.29. The van der Waals surface area contributed by atoms with Gasteiger partial charge in [-0.15, -0.1) is 0 Å². The normalized spacial score (nSPS) is 16.3. The molecule has 0 aliphatic heterocycles. The maximum atomic E-state index is 12.9. The second-order valence-electron chi connectivity index (χ2n) is 7.22. The number of aromatic nitrogens is 2. The Labute approximate surface area is 158 Å². The fraction of sp³-hybridized carbons (Fsp3) is 0.364. The van der Waals surface area contributed by atoms with Crippen LogP contribution in [-0.4, -0.2) is 15.0 Å². The number of fused-ring (bicyclic) bond motifs is 2. The number of nitrogens with one attached hydrogen (secondary N) is 1. The second-order valence-corrected chi connectivity index (χ2v) is 7.22. The molecule has 0 saturated carbocycles. The van der Waals surface area contributed by atoms with Crippen molar-refractivity contribution in [2.75, 3.05) is 0 Å². The number of nitrogens with zero attached hydrogens (tertiary/aromatic N) is 2. The summed E-state index contributed by atoms with van der Waals surface area (Å²) in [6.07, 6.45) is 3.94. The number of carbonyl (C=O) groups is 1. The van der Waals surface area contributed by atoms with Crippen LogP contribution in [0.15, 0.2) is 53.3 Å². The summed E-state index contributed by atoms with van der Waals surface area (Å²) in [5.41, 5.74) is 4.11. The van der Waals surface area contributed by atoms with Crippen molar-refractivity contribution >= 4 is 16.9 Å². The number of para-hydroxylation sites is 2. The summed E-state index contributed by atoms with van der Waals surface area (Å²) in [4.78, 5) is 25.6. The first-order valence-electron chi connectivity index (χ1n) is 9.74. The Balaban J connectivity index is 1.59. The zero-order valence-electron chi connectivity index (χ0n) is 15.6. The zero-order chi connectivity index (χ0) is 18.8. The van der Waals surface area contributed by atoms with E-state index >= 15 is 0 Å². The summed E-state index contributed by atoms with van der Waals surface area (Å²) in [6, 6.07) is 16.0. The van der Waals surface area contributed by atoms with Crippen molar-refractivity contribution in [3.05, 3.63) is 70.1 Å². The standard InChI is InChI=1S/C22H25N3O2/c1-2-14-24-19-12-5-6-13-20(19)25(22(24)27)15-21(26)23-18-11-7-9-16-8-3-4-10-17(16)18/h3-6,8,10,12-13,18H,2,7,9,11,14-15H2,1H3,(H,23,26)/t18-/m1/s1. The first-order valence-corrected chi connectivity index (χ1v) is 9.74. The van der Waals surface area contributed by atoms with E-state index in [1.807, 2.05) is 43.3 Å². The number of carbonyl (C=O) groups excluding carboxylic acids is 1. The van der Waals surface area contributed by atoms with Crippen molar-refractivity contribution in [2.24, 2.45) is 0 Å². The third-order valence-electron chi connectivity index (χ3n) is 5.38. The van der Waals surface area contributed by atoms with Crippen LogP contribution in [-0.2, 0) is 24.3 Å². The van der Waals surface area contributed by atoms with Crippen molar-refractivity contribution in [3.63, 3.8) is 0 Å². The molecular formula is C22H25N3O2. The first-order chi connectivity index (χ1) is 13.2. The highest BCUT2D eigenvalue weighted by Gasteiger charge is 2.22. The minimum atomic E-state index is -0.114. The summed E-state index contributed by atoms with van der Waals surface area (Å²) in [5.74, 6) is -0.113. The molecule has 5 nitrogen and oxygen atoms in total. The van der Waals surface area contributed by atoms with Crippen LogP contribution in [0.25, 0.3) is 11.0 Å². The Morgan fingerprint density at radius 2 is 1.78 bits per heavy atom. The van der Waals surface area contributed by atoms with Gasteiger partial charge in [-0.2, -0.15) is 0 Å². The van der Waals surface area contributed by atoms with Crippen LogP contribution in [0.3, 0.4) is 0 Å². The zero-order valence-corrected chi connectivity index (χ0v) is 15.6. The largest absolute Gasteiger partial charge is 0.348 e. The van der Waals surface area contributed by atoms with E-state index < -0.39 is 0 Å². The molecule has 1 aromatic heterocycles. The molecule has 1 amide bonds. The smallest absolute Gasteiger partial charge is 0.329 e. The van der Waals surface area contributed by atoms with Gasteiger partial charge in [0.15, 0.2) is 0 Å². The van der Waals surface area contributed by atoms with Gasteiger partial charge < -0.3 is 5.32 Å². The lowest BCUT2D eigenvalue weighted by Gasteiger charge is -2.26. The molecule has 2 aromatic carbocycles. The van der Waals surface area contributed by atoms with Crippen LogP contribution in [0.1, 0.15) is 43.4 Å². The van der Waals surface area contributed by atoms with Gasteiger partial charge in [-0.3, -0.25) is 13.9 Å². The van der Waals surface area contributed by atoms with Gasteiger partial charge in [-0.1, -0.05) is 43.3 Å². The fourth-order valence-corrected chi connectivity index (χ4v) is 4.15. The number of imidazole rings is 1. The molecule has 140 valence electrons. The maximum Gasteiger partial charge on any atom is 0.329 e. The Hall–Kier alpha value is -2.82. The molecule has 27 heavy (non-hydrogen) atoms. The predicted molar refractivity (Wildman–Crippen MR) is 107 cm³/mol. The summed E-state index contributed by atoms with van der Waals surface area (Å²) < 4.78 is 3.35. The summed E-state index contributed by atoms with van der Waals surface area (Å²) in [7, 11) is 0. The van der Waals surface area contributed by atoms with Crippen LogP contribution in [0, 0.1) is 0 Å². The van der Waals surface area contributed by atoms with Gasteiger partial charge >= 0.3 is 5.69 Å². The number of rotatable bonds is 5. The Bertz CT molecular complexity index is 1030. The minimum Gasteiger partial charge on any atom is -0.348 e. The van der Waals surface area contributed by atoms with Gasteiger partial charge in [-0.25, -0.2) is 4.79 Å². The van der Waals surface area contributed by atoms with Gasteiger partial charge in [0.05, 0.1) is 17.1 Å². The molecule has 0 unspecified atom stereocenters. The third kappa shape index (κ3) is 3.29. The van der Waals surface area contributed by atoms with Gasteiger partial charge in [0.1, 0.15) is 6.54 Å². The molecule has 3 aromatic rings. The van der Waals surface area contributed by atoms with Gasteiger partial charge in [-0.05, 0) is 48.9 Å². The number of aryl methyl sites for hydroxylation is 2. The van der Waals surface area contributed by atoms with Crippen LogP contribution in [0.2, 0.25) is 0 Å². The van der Waals surface area contributed by atoms with Crippen LogP contribution in [0.5, 0.6) is 0 Å². The molecule has 1 N–H and O–H groups in total. The lowest BCUT2D eigenvalue weighted by Crippen LogP contribution is -2.36. The molecule has 1 aliphatic rings. The molecule has 0 saturated heterocycles. The van der Waals surface area contributed by atoms with E-state index in [1.54, 1.807) is 9.13 Å². The molecule has 1 aliphatic carbocycles. The van der Waals surface area contributed by atoms with E-state index in [0.717, 1.165) is 36.7 Å². The van der Waals surface area contributed by atoms with Crippen molar-refractivity contribution in [2.45, 2.75) is 51.7 Å². The number of benzene rings is 2.